The molecule has 0 radical (unpaired) electrons. The van der Waals surface area contributed by atoms with Crippen molar-refractivity contribution < 1.29 is 13.2 Å². The SMILES string of the molecule is C#CCS(=O)(=O)CC(=O)Nc1ccccc1CC. The summed E-state index contributed by atoms with van der Waals surface area (Å²) < 4.78 is 22.8. The van der Waals surface area contributed by atoms with Crippen LogP contribution in [0.15, 0.2) is 24.3 Å². The number of benzene rings is 1. The van der Waals surface area contributed by atoms with E-state index in [1.54, 1.807) is 12.1 Å². The Hall–Kier alpha value is -1.80. The van der Waals surface area contributed by atoms with E-state index < -0.39 is 27.3 Å². The van der Waals surface area contributed by atoms with E-state index in [-0.39, 0.29) is 0 Å². The Labute approximate surface area is 107 Å². The van der Waals surface area contributed by atoms with E-state index in [0.29, 0.717) is 5.69 Å². The van der Waals surface area contributed by atoms with Crippen LogP contribution in [0.5, 0.6) is 0 Å². The van der Waals surface area contributed by atoms with Crippen LogP contribution >= 0.6 is 0 Å². The van der Waals surface area contributed by atoms with Gasteiger partial charge in [0.25, 0.3) is 0 Å². The van der Waals surface area contributed by atoms with E-state index in [4.69, 9.17) is 6.42 Å². The maximum atomic E-state index is 11.6. The summed E-state index contributed by atoms with van der Waals surface area (Å²) in [5, 5.41) is 2.59. The Morgan fingerprint density at radius 3 is 2.67 bits per heavy atom. The van der Waals surface area contributed by atoms with Crippen LogP contribution in [0.3, 0.4) is 0 Å². The number of carbonyl (C=O) groups excluding carboxylic acids is 1. The summed E-state index contributed by atoms with van der Waals surface area (Å²) in [5.41, 5.74) is 1.60. The third kappa shape index (κ3) is 4.22. The lowest BCUT2D eigenvalue weighted by molar-refractivity contribution is -0.113. The maximum Gasteiger partial charge on any atom is 0.239 e. The normalized spacial score (nSPS) is 10.7. The van der Waals surface area contributed by atoms with Crippen LogP contribution in [0.25, 0.3) is 0 Å². The highest BCUT2D eigenvalue weighted by molar-refractivity contribution is 7.92. The molecule has 0 bridgehead atoms. The van der Waals surface area contributed by atoms with Gasteiger partial charge in [-0.1, -0.05) is 31.0 Å². The lowest BCUT2D eigenvalue weighted by atomic mass is 10.1. The molecule has 0 saturated heterocycles. The van der Waals surface area contributed by atoms with Gasteiger partial charge >= 0.3 is 0 Å². The van der Waals surface area contributed by atoms with Crippen molar-refractivity contribution in [2.24, 2.45) is 0 Å². The maximum absolute atomic E-state index is 11.6. The fourth-order valence-corrected chi connectivity index (χ4v) is 2.34. The van der Waals surface area contributed by atoms with Gasteiger partial charge in [0.2, 0.25) is 5.91 Å². The van der Waals surface area contributed by atoms with Crippen LogP contribution in [-0.4, -0.2) is 25.8 Å². The van der Waals surface area contributed by atoms with Gasteiger partial charge in [0, 0.05) is 5.69 Å². The third-order valence-corrected chi connectivity index (χ3v) is 3.64. The third-order valence-electron chi connectivity index (χ3n) is 2.33. The molecule has 0 saturated carbocycles. The first-order chi connectivity index (χ1) is 8.48. The van der Waals surface area contributed by atoms with Crippen molar-refractivity contribution in [3.63, 3.8) is 0 Å². The van der Waals surface area contributed by atoms with Gasteiger partial charge in [0.05, 0.1) is 0 Å². The van der Waals surface area contributed by atoms with Crippen molar-refractivity contribution in [1.29, 1.82) is 0 Å². The molecule has 1 N–H and O–H groups in total. The zero-order valence-electron chi connectivity index (χ0n) is 10.1. The number of carbonyl (C=O) groups is 1. The summed E-state index contributed by atoms with van der Waals surface area (Å²) in [4.78, 5) is 11.6. The van der Waals surface area contributed by atoms with E-state index in [9.17, 15) is 13.2 Å². The molecule has 1 aromatic carbocycles. The molecular weight excluding hydrogens is 250 g/mol. The van der Waals surface area contributed by atoms with Crippen molar-refractivity contribution in [2.45, 2.75) is 13.3 Å². The van der Waals surface area contributed by atoms with Gasteiger partial charge in [-0.15, -0.1) is 6.42 Å². The number of sulfone groups is 1. The molecule has 1 aromatic rings. The van der Waals surface area contributed by atoms with Gasteiger partial charge in [-0.3, -0.25) is 4.79 Å². The summed E-state index contributed by atoms with van der Waals surface area (Å²) >= 11 is 0. The van der Waals surface area contributed by atoms with Crippen molar-refractivity contribution in [1.82, 2.24) is 0 Å². The number of rotatable bonds is 5. The topological polar surface area (TPSA) is 63.2 Å². The molecule has 4 nitrogen and oxygen atoms in total. The molecule has 0 aromatic heterocycles. The lowest BCUT2D eigenvalue weighted by Gasteiger charge is -2.09. The summed E-state index contributed by atoms with van der Waals surface area (Å²) in [6.45, 7) is 1.96. The minimum atomic E-state index is -3.52. The molecule has 0 aliphatic heterocycles. The monoisotopic (exact) mass is 265 g/mol. The van der Waals surface area contributed by atoms with Gasteiger partial charge in [-0.25, -0.2) is 8.42 Å². The van der Waals surface area contributed by atoms with Gasteiger partial charge in [-0.05, 0) is 18.1 Å². The van der Waals surface area contributed by atoms with Gasteiger partial charge in [-0.2, -0.15) is 0 Å². The molecule has 0 aliphatic rings. The van der Waals surface area contributed by atoms with Crippen LogP contribution < -0.4 is 5.32 Å². The summed E-state index contributed by atoms with van der Waals surface area (Å²) in [7, 11) is -3.52. The number of terminal acetylenes is 1. The molecule has 0 spiro atoms. The number of amides is 1. The van der Waals surface area contributed by atoms with E-state index in [2.05, 4.69) is 5.32 Å². The van der Waals surface area contributed by atoms with Crippen LogP contribution in [-0.2, 0) is 21.1 Å². The largest absolute Gasteiger partial charge is 0.325 e. The Bertz CT molecular complexity index is 570. The molecule has 1 rings (SSSR count). The quantitative estimate of drug-likeness (QED) is 0.815. The Morgan fingerprint density at radius 2 is 2.06 bits per heavy atom. The van der Waals surface area contributed by atoms with Gasteiger partial charge < -0.3 is 5.32 Å². The Kier molecular flexibility index (Phi) is 4.93. The number of aryl methyl sites for hydroxylation is 1. The molecular formula is C13H15NO3S. The van der Waals surface area contributed by atoms with E-state index in [0.717, 1.165) is 12.0 Å². The molecule has 18 heavy (non-hydrogen) atoms. The molecule has 0 unspecified atom stereocenters. The molecule has 0 fully saturated rings. The van der Waals surface area contributed by atoms with Crippen molar-refractivity contribution in [2.75, 3.05) is 16.8 Å². The number of hydrogen-bond donors (Lipinski definition) is 1. The Morgan fingerprint density at radius 1 is 1.39 bits per heavy atom. The highest BCUT2D eigenvalue weighted by atomic mass is 32.2. The summed E-state index contributed by atoms with van der Waals surface area (Å²) in [6, 6.07) is 7.27. The molecule has 96 valence electrons. The van der Waals surface area contributed by atoms with Gasteiger partial charge in [0.15, 0.2) is 9.84 Å². The number of hydrogen-bond acceptors (Lipinski definition) is 3. The smallest absolute Gasteiger partial charge is 0.239 e. The fraction of sp³-hybridized carbons (Fsp3) is 0.308. The van der Waals surface area contributed by atoms with Crippen molar-refractivity contribution in [3.05, 3.63) is 29.8 Å². The lowest BCUT2D eigenvalue weighted by Crippen LogP contribution is -2.24. The average Bonchev–Trinajstić information content (AvgIpc) is 2.28. The predicted molar refractivity (Wildman–Crippen MR) is 71.9 cm³/mol. The Balaban J connectivity index is 2.74. The number of anilines is 1. The minimum Gasteiger partial charge on any atom is -0.325 e. The zero-order chi connectivity index (χ0) is 13.6. The zero-order valence-corrected chi connectivity index (χ0v) is 11.0. The summed E-state index contributed by atoms with van der Waals surface area (Å²) in [6.07, 6.45) is 5.69. The highest BCUT2D eigenvalue weighted by Crippen LogP contribution is 2.15. The minimum absolute atomic E-state index is 0.421. The second-order valence-corrected chi connectivity index (χ2v) is 5.86. The van der Waals surface area contributed by atoms with Crippen LogP contribution in [0.1, 0.15) is 12.5 Å². The highest BCUT2D eigenvalue weighted by Gasteiger charge is 2.16. The van der Waals surface area contributed by atoms with E-state index in [1.807, 2.05) is 25.0 Å². The van der Waals surface area contributed by atoms with E-state index in [1.165, 1.54) is 0 Å². The van der Waals surface area contributed by atoms with Crippen molar-refractivity contribution in [3.8, 4) is 12.3 Å². The number of nitrogens with one attached hydrogen (secondary N) is 1. The van der Waals surface area contributed by atoms with E-state index >= 15 is 0 Å². The molecule has 5 heteroatoms. The first-order valence-corrected chi connectivity index (χ1v) is 7.32. The second-order valence-electron chi connectivity index (χ2n) is 3.80. The van der Waals surface area contributed by atoms with Crippen LogP contribution in [0.4, 0.5) is 5.69 Å². The average molecular weight is 265 g/mol. The first-order valence-electron chi connectivity index (χ1n) is 5.50. The first kappa shape index (κ1) is 14.3. The molecule has 0 heterocycles. The second kappa shape index (κ2) is 6.22. The summed E-state index contributed by atoms with van der Waals surface area (Å²) in [5.74, 6) is 0.459. The van der Waals surface area contributed by atoms with Gasteiger partial charge in [0.1, 0.15) is 11.5 Å². The molecule has 0 aliphatic carbocycles. The fourth-order valence-electron chi connectivity index (χ4n) is 1.51. The predicted octanol–water partition coefficient (Wildman–Crippen LogP) is 1.24. The molecule has 1 amide bonds. The number of para-hydroxylation sites is 1. The molecule has 0 atom stereocenters. The van der Waals surface area contributed by atoms with Crippen LogP contribution in [0.2, 0.25) is 0 Å². The standard InChI is InChI=1S/C13H15NO3S/c1-3-9-18(16,17)10-13(15)14-12-8-6-5-7-11(12)4-2/h1,5-8H,4,9-10H2,2H3,(H,14,15). The van der Waals surface area contributed by atoms with Crippen molar-refractivity contribution >= 4 is 21.4 Å². The van der Waals surface area contributed by atoms with Crippen LogP contribution in [0, 0.1) is 12.3 Å².